The molecule has 25 heavy (non-hydrogen) atoms. The zero-order chi connectivity index (χ0) is 18.7. The van der Waals surface area contributed by atoms with E-state index in [2.05, 4.69) is 10.0 Å². The van der Waals surface area contributed by atoms with Crippen LogP contribution < -0.4 is 10.0 Å². The number of aryl methyl sites for hydroxylation is 1. The van der Waals surface area contributed by atoms with Gasteiger partial charge in [-0.1, -0.05) is 17.7 Å². The number of likely N-dealkylation sites (tertiary alicyclic amines) is 1. The molecule has 1 saturated heterocycles. The van der Waals surface area contributed by atoms with Gasteiger partial charge in [-0.3, -0.25) is 0 Å². The summed E-state index contributed by atoms with van der Waals surface area (Å²) < 4.78 is 31.2. The minimum absolute atomic E-state index is 0.277. The first-order valence-electron chi connectivity index (χ1n) is 7.94. The van der Waals surface area contributed by atoms with Crippen molar-refractivity contribution in [2.24, 2.45) is 0 Å². The van der Waals surface area contributed by atoms with E-state index in [4.69, 9.17) is 16.3 Å². The van der Waals surface area contributed by atoms with Crippen LogP contribution in [0.3, 0.4) is 0 Å². The lowest BCUT2D eigenvalue weighted by Crippen LogP contribution is -2.51. The van der Waals surface area contributed by atoms with Crippen LogP contribution in [0, 0.1) is 6.92 Å². The third-order valence-corrected chi connectivity index (χ3v) is 5.31. The number of urea groups is 1. The first-order valence-corrected chi connectivity index (χ1v) is 10.2. The molecule has 1 aromatic rings. The standard InChI is InChI=1S/C16H24ClN3O4S/c1-12-4-5-14(13(17)10-12)18-15(21)20-8-6-16(11-20,7-9-24-2)19-25(3,22)23/h4-5,10,19H,6-9,11H2,1-3H3,(H,18,21). The number of sulfonamides is 1. The Labute approximate surface area is 153 Å². The molecule has 0 aliphatic carbocycles. The molecule has 2 rings (SSSR count). The number of carbonyl (C=O) groups excluding carboxylic acids is 1. The van der Waals surface area contributed by atoms with Gasteiger partial charge in [-0.25, -0.2) is 17.9 Å². The van der Waals surface area contributed by atoms with Gasteiger partial charge in [-0.15, -0.1) is 0 Å². The van der Waals surface area contributed by atoms with Gasteiger partial charge in [0.2, 0.25) is 10.0 Å². The molecule has 7 nitrogen and oxygen atoms in total. The summed E-state index contributed by atoms with van der Waals surface area (Å²) in [5.74, 6) is 0. The molecule has 0 bridgehead atoms. The third-order valence-electron chi connectivity index (χ3n) is 4.19. The van der Waals surface area contributed by atoms with Gasteiger partial charge in [0.15, 0.2) is 0 Å². The number of amides is 2. The molecule has 1 atom stereocenters. The summed E-state index contributed by atoms with van der Waals surface area (Å²) in [7, 11) is -1.84. The van der Waals surface area contributed by atoms with Crippen LogP contribution in [0.5, 0.6) is 0 Å². The molecule has 1 heterocycles. The zero-order valence-corrected chi connectivity index (χ0v) is 16.2. The van der Waals surface area contributed by atoms with Crippen molar-refractivity contribution in [3.8, 4) is 0 Å². The monoisotopic (exact) mass is 389 g/mol. The predicted octanol–water partition coefficient (Wildman–Crippen LogP) is 2.21. The van der Waals surface area contributed by atoms with E-state index in [1.165, 1.54) is 0 Å². The molecule has 0 radical (unpaired) electrons. The second kappa shape index (κ2) is 7.90. The van der Waals surface area contributed by atoms with Crippen molar-refractivity contribution in [1.82, 2.24) is 9.62 Å². The fraction of sp³-hybridized carbons (Fsp3) is 0.562. The van der Waals surface area contributed by atoms with E-state index in [9.17, 15) is 13.2 Å². The summed E-state index contributed by atoms with van der Waals surface area (Å²) >= 11 is 6.15. The molecule has 140 valence electrons. The van der Waals surface area contributed by atoms with Crippen molar-refractivity contribution in [2.75, 3.05) is 38.4 Å². The molecule has 2 N–H and O–H groups in total. The van der Waals surface area contributed by atoms with Gasteiger partial charge in [0.25, 0.3) is 0 Å². The van der Waals surface area contributed by atoms with E-state index in [0.717, 1.165) is 11.8 Å². The van der Waals surface area contributed by atoms with Crippen LogP contribution in [0.25, 0.3) is 0 Å². The molecule has 1 aromatic carbocycles. The summed E-state index contributed by atoms with van der Waals surface area (Å²) in [4.78, 5) is 14.1. The molecule has 2 amide bonds. The summed E-state index contributed by atoms with van der Waals surface area (Å²) in [5, 5.41) is 3.25. The number of ether oxygens (including phenoxy) is 1. The zero-order valence-electron chi connectivity index (χ0n) is 14.6. The Bertz CT molecular complexity index is 741. The van der Waals surface area contributed by atoms with Crippen LogP contribution in [-0.4, -0.2) is 57.9 Å². The highest BCUT2D eigenvalue weighted by atomic mass is 35.5. The Balaban J connectivity index is 2.09. The van der Waals surface area contributed by atoms with E-state index >= 15 is 0 Å². The third kappa shape index (κ3) is 5.57. The topological polar surface area (TPSA) is 87.7 Å². The highest BCUT2D eigenvalue weighted by Gasteiger charge is 2.41. The fourth-order valence-electron chi connectivity index (χ4n) is 2.99. The lowest BCUT2D eigenvalue weighted by atomic mass is 9.96. The van der Waals surface area contributed by atoms with Gasteiger partial charge in [0.05, 0.1) is 22.5 Å². The number of rotatable bonds is 6. The van der Waals surface area contributed by atoms with Gasteiger partial charge >= 0.3 is 6.03 Å². The maximum Gasteiger partial charge on any atom is 0.321 e. The molecule has 1 unspecified atom stereocenters. The number of hydrogen-bond donors (Lipinski definition) is 2. The van der Waals surface area contributed by atoms with Crippen molar-refractivity contribution < 1.29 is 17.9 Å². The van der Waals surface area contributed by atoms with Crippen LogP contribution in [0.15, 0.2) is 18.2 Å². The average Bonchev–Trinajstić information content (AvgIpc) is 2.90. The van der Waals surface area contributed by atoms with Gasteiger partial charge in [-0.2, -0.15) is 0 Å². The average molecular weight is 390 g/mol. The molecule has 1 aliphatic heterocycles. The molecule has 1 fully saturated rings. The van der Waals surface area contributed by atoms with Crippen molar-refractivity contribution >= 4 is 33.3 Å². The van der Waals surface area contributed by atoms with E-state index < -0.39 is 15.6 Å². The van der Waals surface area contributed by atoms with Crippen LogP contribution in [0.2, 0.25) is 5.02 Å². The quantitative estimate of drug-likeness (QED) is 0.780. The SMILES string of the molecule is COCCC1(NS(C)(=O)=O)CCN(C(=O)Nc2ccc(C)cc2Cl)C1. The molecular formula is C16H24ClN3O4S. The Morgan fingerprint density at radius 1 is 1.44 bits per heavy atom. The van der Waals surface area contributed by atoms with Crippen LogP contribution in [-0.2, 0) is 14.8 Å². The Kier molecular flexibility index (Phi) is 6.31. The predicted molar refractivity (Wildman–Crippen MR) is 98.6 cm³/mol. The maximum absolute atomic E-state index is 12.5. The van der Waals surface area contributed by atoms with Crippen LogP contribution in [0.1, 0.15) is 18.4 Å². The lowest BCUT2D eigenvalue weighted by Gasteiger charge is -2.29. The molecule has 9 heteroatoms. The second-order valence-electron chi connectivity index (χ2n) is 6.48. The summed E-state index contributed by atoms with van der Waals surface area (Å²) in [6.45, 7) is 3.04. The molecule has 0 aromatic heterocycles. The summed E-state index contributed by atoms with van der Waals surface area (Å²) in [5.41, 5.74) is 0.820. The minimum Gasteiger partial charge on any atom is -0.385 e. The lowest BCUT2D eigenvalue weighted by molar-refractivity contribution is 0.162. The minimum atomic E-state index is -3.40. The molecule has 0 saturated carbocycles. The van der Waals surface area contributed by atoms with Crippen molar-refractivity contribution in [3.05, 3.63) is 28.8 Å². The van der Waals surface area contributed by atoms with Crippen molar-refractivity contribution in [2.45, 2.75) is 25.3 Å². The molecule has 1 aliphatic rings. The number of methoxy groups -OCH3 is 1. The van der Waals surface area contributed by atoms with E-state index in [1.54, 1.807) is 24.1 Å². The van der Waals surface area contributed by atoms with Crippen molar-refractivity contribution in [3.63, 3.8) is 0 Å². The number of hydrogen-bond acceptors (Lipinski definition) is 4. The smallest absolute Gasteiger partial charge is 0.321 e. The number of halogens is 1. The number of nitrogens with zero attached hydrogens (tertiary/aromatic N) is 1. The van der Waals surface area contributed by atoms with Gasteiger partial charge < -0.3 is 15.0 Å². The van der Waals surface area contributed by atoms with Crippen LogP contribution in [0.4, 0.5) is 10.5 Å². The number of nitrogens with one attached hydrogen (secondary N) is 2. The Hall–Kier alpha value is -1.35. The highest BCUT2D eigenvalue weighted by Crippen LogP contribution is 2.28. The Morgan fingerprint density at radius 2 is 2.16 bits per heavy atom. The first-order chi connectivity index (χ1) is 11.6. The maximum atomic E-state index is 12.5. The number of carbonyl (C=O) groups is 1. The van der Waals surface area contributed by atoms with Gasteiger partial charge in [0, 0.05) is 26.8 Å². The van der Waals surface area contributed by atoms with E-state index in [0.29, 0.717) is 36.7 Å². The van der Waals surface area contributed by atoms with E-state index in [1.807, 2.05) is 13.0 Å². The first kappa shape index (κ1) is 20.0. The van der Waals surface area contributed by atoms with Crippen LogP contribution >= 0.6 is 11.6 Å². The van der Waals surface area contributed by atoms with Gasteiger partial charge in [-0.05, 0) is 37.5 Å². The van der Waals surface area contributed by atoms with E-state index in [-0.39, 0.29) is 12.6 Å². The molecule has 0 spiro atoms. The fourth-order valence-corrected chi connectivity index (χ4v) is 4.33. The second-order valence-corrected chi connectivity index (χ2v) is 8.64. The summed E-state index contributed by atoms with van der Waals surface area (Å²) in [6.07, 6.45) is 2.14. The number of anilines is 1. The normalized spacial score (nSPS) is 20.7. The summed E-state index contributed by atoms with van der Waals surface area (Å²) in [6, 6.07) is 5.08. The molecular weight excluding hydrogens is 366 g/mol. The van der Waals surface area contributed by atoms with Gasteiger partial charge in [0.1, 0.15) is 0 Å². The van der Waals surface area contributed by atoms with Crippen molar-refractivity contribution in [1.29, 1.82) is 0 Å². The Morgan fingerprint density at radius 3 is 2.76 bits per heavy atom. The largest absolute Gasteiger partial charge is 0.385 e. The number of benzene rings is 1. The highest BCUT2D eigenvalue weighted by molar-refractivity contribution is 7.88.